The summed E-state index contributed by atoms with van der Waals surface area (Å²) in [5.74, 6) is -1.87. The predicted molar refractivity (Wildman–Crippen MR) is 78.0 cm³/mol. The fourth-order valence-corrected chi connectivity index (χ4v) is 2.41. The van der Waals surface area contributed by atoms with Gasteiger partial charge < -0.3 is 10.4 Å². The summed E-state index contributed by atoms with van der Waals surface area (Å²) >= 11 is 1.59. The number of aliphatic hydroxyl groups is 1. The fourth-order valence-electron chi connectivity index (χ4n) is 1.83. The molecule has 2 rings (SSSR count). The van der Waals surface area contributed by atoms with E-state index in [0.717, 1.165) is 22.7 Å². The van der Waals surface area contributed by atoms with Gasteiger partial charge >= 0.3 is 0 Å². The fraction of sp³-hybridized carbons (Fsp3) is 0.200. The zero-order valence-corrected chi connectivity index (χ0v) is 11.8. The van der Waals surface area contributed by atoms with Gasteiger partial charge in [-0.3, -0.25) is 0 Å². The molecule has 0 bridgehead atoms. The van der Waals surface area contributed by atoms with Gasteiger partial charge in [-0.1, -0.05) is 18.2 Å². The highest BCUT2D eigenvalue weighted by molar-refractivity contribution is 7.98. The molecular weight excluding hydrogens is 280 g/mol. The van der Waals surface area contributed by atoms with Crippen LogP contribution in [0.4, 0.5) is 14.5 Å². The largest absolute Gasteiger partial charge is 0.387 e. The van der Waals surface area contributed by atoms with Crippen LogP contribution in [0, 0.1) is 11.6 Å². The Morgan fingerprint density at radius 1 is 1.15 bits per heavy atom. The van der Waals surface area contributed by atoms with E-state index in [1.807, 2.05) is 30.5 Å². The van der Waals surface area contributed by atoms with Gasteiger partial charge in [0.25, 0.3) is 0 Å². The number of thioether (sulfide) groups is 1. The van der Waals surface area contributed by atoms with E-state index in [-0.39, 0.29) is 6.54 Å². The van der Waals surface area contributed by atoms with E-state index in [2.05, 4.69) is 5.32 Å². The Kier molecular flexibility index (Phi) is 4.98. The van der Waals surface area contributed by atoms with Crippen molar-refractivity contribution in [1.29, 1.82) is 0 Å². The lowest BCUT2D eigenvalue weighted by Crippen LogP contribution is -2.13. The molecule has 2 aromatic rings. The minimum absolute atomic E-state index is 0.225. The molecular formula is C15H15F2NOS. The summed E-state index contributed by atoms with van der Waals surface area (Å²) in [6, 6.07) is 11.1. The molecule has 0 saturated carbocycles. The first-order valence-corrected chi connectivity index (χ1v) is 7.34. The van der Waals surface area contributed by atoms with E-state index in [1.165, 1.54) is 6.07 Å². The van der Waals surface area contributed by atoms with E-state index in [0.29, 0.717) is 5.56 Å². The maximum atomic E-state index is 13.1. The molecule has 20 heavy (non-hydrogen) atoms. The van der Waals surface area contributed by atoms with Crippen LogP contribution >= 0.6 is 11.8 Å². The summed E-state index contributed by atoms with van der Waals surface area (Å²) in [6.45, 7) is 0.225. The first-order valence-electron chi connectivity index (χ1n) is 6.11. The molecule has 0 amide bonds. The van der Waals surface area contributed by atoms with E-state index in [4.69, 9.17) is 0 Å². The molecule has 2 N–H and O–H groups in total. The second kappa shape index (κ2) is 6.72. The lowest BCUT2D eigenvalue weighted by atomic mass is 10.1. The lowest BCUT2D eigenvalue weighted by Gasteiger charge is -2.15. The molecule has 0 radical (unpaired) electrons. The highest BCUT2D eigenvalue weighted by atomic mass is 32.2. The molecule has 0 heterocycles. The molecule has 0 spiro atoms. The predicted octanol–water partition coefficient (Wildman–Crippen LogP) is 3.83. The van der Waals surface area contributed by atoms with Gasteiger partial charge in [0.15, 0.2) is 11.6 Å². The van der Waals surface area contributed by atoms with Crippen molar-refractivity contribution >= 4 is 17.4 Å². The number of halogens is 2. The summed E-state index contributed by atoms with van der Waals surface area (Å²) in [7, 11) is 0. The van der Waals surface area contributed by atoms with Gasteiger partial charge in [0.05, 0.1) is 6.10 Å². The van der Waals surface area contributed by atoms with Crippen molar-refractivity contribution in [1.82, 2.24) is 0 Å². The summed E-state index contributed by atoms with van der Waals surface area (Å²) in [5, 5.41) is 13.1. The molecule has 1 atom stereocenters. The minimum Gasteiger partial charge on any atom is -0.387 e. The number of anilines is 1. The van der Waals surface area contributed by atoms with Crippen LogP contribution in [0.5, 0.6) is 0 Å². The van der Waals surface area contributed by atoms with Gasteiger partial charge in [-0.2, -0.15) is 0 Å². The molecule has 106 valence electrons. The lowest BCUT2D eigenvalue weighted by molar-refractivity contribution is 0.191. The standard InChI is InChI=1S/C15H15F2NOS/c1-20-15-5-3-2-4-13(15)18-9-14(19)10-6-7-11(16)12(17)8-10/h2-8,14,18-19H,9H2,1H3. The molecule has 2 nitrogen and oxygen atoms in total. The average Bonchev–Trinajstić information content (AvgIpc) is 2.47. The summed E-state index contributed by atoms with van der Waals surface area (Å²) in [6.07, 6.45) is 1.06. The van der Waals surface area contributed by atoms with Gasteiger partial charge in [0, 0.05) is 17.1 Å². The summed E-state index contributed by atoms with van der Waals surface area (Å²) in [5.41, 5.74) is 1.25. The molecule has 5 heteroatoms. The van der Waals surface area contributed by atoms with Crippen molar-refractivity contribution in [3.63, 3.8) is 0 Å². The zero-order chi connectivity index (χ0) is 14.5. The molecule has 0 saturated heterocycles. The third-order valence-corrected chi connectivity index (χ3v) is 3.72. The van der Waals surface area contributed by atoms with Crippen LogP contribution in [-0.2, 0) is 0 Å². The van der Waals surface area contributed by atoms with Gasteiger partial charge in [-0.15, -0.1) is 11.8 Å². The minimum atomic E-state index is -0.953. The van der Waals surface area contributed by atoms with Crippen molar-refractivity contribution in [2.24, 2.45) is 0 Å². The molecule has 0 aliphatic carbocycles. The maximum absolute atomic E-state index is 13.1. The van der Waals surface area contributed by atoms with Crippen molar-refractivity contribution in [3.8, 4) is 0 Å². The molecule has 2 aromatic carbocycles. The van der Waals surface area contributed by atoms with Crippen LogP contribution in [0.3, 0.4) is 0 Å². The topological polar surface area (TPSA) is 32.3 Å². The Morgan fingerprint density at radius 3 is 2.60 bits per heavy atom. The van der Waals surface area contributed by atoms with E-state index < -0.39 is 17.7 Å². The van der Waals surface area contributed by atoms with Crippen LogP contribution in [-0.4, -0.2) is 17.9 Å². The summed E-state index contributed by atoms with van der Waals surface area (Å²) in [4.78, 5) is 1.06. The number of rotatable bonds is 5. The third kappa shape index (κ3) is 3.49. The van der Waals surface area contributed by atoms with Crippen LogP contribution in [0.25, 0.3) is 0 Å². The Balaban J connectivity index is 2.04. The number of para-hydroxylation sites is 1. The molecule has 0 aromatic heterocycles. The Hall–Kier alpha value is -1.59. The zero-order valence-electron chi connectivity index (χ0n) is 10.9. The van der Waals surface area contributed by atoms with E-state index in [9.17, 15) is 13.9 Å². The number of nitrogens with one attached hydrogen (secondary N) is 1. The van der Waals surface area contributed by atoms with Gasteiger partial charge in [0.2, 0.25) is 0 Å². The van der Waals surface area contributed by atoms with Crippen LogP contribution in [0.1, 0.15) is 11.7 Å². The smallest absolute Gasteiger partial charge is 0.159 e. The van der Waals surface area contributed by atoms with Crippen molar-refractivity contribution in [2.75, 3.05) is 18.1 Å². The second-order valence-electron chi connectivity index (χ2n) is 4.27. The first-order chi connectivity index (χ1) is 9.61. The molecule has 0 fully saturated rings. The summed E-state index contributed by atoms with van der Waals surface area (Å²) < 4.78 is 25.9. The normalized spacial score (nSPS) is 12.2. The SMILES string of the molecule is CSc1ccccc1NCC(O)c1ccc(F)c(F)c1. The highest BCUT2D eigenvalue weighted by Gasteiger charge is 2.11. The van der Waals surface area contributed by atoms with Crippen molar-refractivity contribution < 1.29 is 13.9 Å². The second-order valence-corrected chi connectivity index (χ2v) is 5.12. The van der Waals surface area contributed by atoms with Crippen molar-refractivity contribution in [3.05, 3.63) is 59.7 Å². The molecule has 0 aliphatic rings. The number of hydrogen-bond donors (Lipinski definition) is 2. The van der Waals surface area contributed by atoms with Gasteiger partial charge in [0.1, 0.15) is 0 Å². The van der Waals surface area contributed by atoms with Crippen LogP contribution in [0.15, 0.2) is 47.4 Å². The quantitative estimate of drug-likeness (QED) is 0.822. The van der Waals surface area contributed by atoms with Crippen LogP contribution < -0.4 is 5.32 Å². The number of aliphatic hydroxyl groups excluding tert-OH is 1. The third-order valence-electron chi connectivity index (χ3n) is 2.92. The average molecular weight is 295 g/mol. The Bertz CT molecular complexity index is 592. The van der Waals surface area contributed by atoms with Crippen molar-refractivity contribution in [2.45, 2.75) is 11.0 Å². The van der Waals surface area contributed by atoms with Gasteiger partial charge in [-0.05, 0) is 36.1 Å². The highest BCUT2D eigenvalue weighted by Crippen LogP contribution is 2.25. The molecule has 0 aliphatic heterocycles. The first kappa shape index (κ1) is 14.8. The van der Waals surface area contributed by atoms with E-state index >= 15 is 0 Å². The monoisotopic (exact) mass is 295 g/mol. The van der Waals surface area contributed by atoms with E-state index in [1.54, 1.807) is 11.8 Å². The number of hydrogen-bond acceptors (Lipinski definition) is 3. The van der Waals surface area contributed by atoms with Crippen LogP contribution in [0.2, 0.25) is 0 Å². The number of benzene rings is 2. The molecule has 1 unspecified atom stereocenters. The Labute approximate surface area is 120 Å². The maximum Gasteiger partial charge on any atom is 0.159 e. The Morgan fingerprint density at radius 2 is 1.90 bits per heavy atom. The van der Waals surface area contributed by atoms with Gasteiger partial charge in [-0.25, -0.2) is 8.78 Å².